The van der Waals surface area contributed by atoms with Crippen LogP contribution in [0.2, 0.25) is 0 Å². The molecule has 1 aliphatic carbocycles. The molecule has 1 unspecified atom stereocenters. The molecular formula is C15H21NOS. The lowest BCUT2D eigenvalue weighted by molar-refractivity contribution is -0.125. The predicted octanol–water partition coefficient (Wildman–Crippen LogP) is 3.77. The number of hydrogen-bond donors (Lipinski definition) is 1. The van der Waals surface area contributed by atoms with E-state index in [2.05, 4.69) is 19.1 Å². The Bertz CT molecular complexity index is 442. The van der Waals surface area contributed by atoms with E-state index in [4.69, 9.17) is 10.5 Å². The molecule has 2 aliphatic rings. The van der Waals surface area contributed by atoms with Gasteiger partial charge in [0.2, 0.25) is 0 Å². The second-order valence-electron chi connectivity index (χ2n) is 5.64. The molecule has 1 atom stereocenters. The highest BCUT2D eigenvalue weighted by Crippen LogP contribution is 2.46. The van der Waals surface area contributed by atoms with Gasteiger partial charge in [0.1, 0.15) is 0 Å². The maximum absolute atomic E-state index is 5.99. The van der Waals surface area contributed by atoms with E-state index in [1.807, 2.05) is 17.8 Å². The number of ether oxygens (including phenoxy) is 1. The molecule has 3 rings (SSSR count). The van der Waals surface area contributed by atoms with Crippen LogP contribution < -0.4 is 5.73 Å². The van der Waals surface area contributed by atoms with Crippen molar-refractivity contribution in [2.24, 2.45) is 0 Å². The fraction of sp³-hybridized carbons (Fsp3) is 0.600. The van der Waals surface area contributed by atoms with Gasteiger partial charge in [-0.25, -0.2) is 0 Å². The molecule has 18 heavy (non-hydrogen) atoms. The first-order valence-electron chi connectivity index (χ1n) is 6.84. The maximum Gasteiger partial charge on any atom is 0.0693 e. The van der Waals surface area contributed by atoms with E-state index in [1.165, 1.54) is 42.6 Å². The molecule has 1 heterocycles. The minimum absolute atomic E-state index is 0.240. The highest BCUT2D eigenvalue weighted by Gasteiger charge is 2.42. The van der Waals surface area contributed by atoms with Gasteiger partial charge in [-0.3, -0.25) is 0 Å². The molecule has 2 fully saturated rings. The third-order valence-corrected chi connectivity index (χ3v) is 5.65. The van der Waals surface area contributed by atoms with Crippen LogP contribution in [-0.2, 0) is 4.74 Å². The molecule has 1 aliphatic heterocycles. The van der Waals surface area contributed by atoms with Gasteiger partial charge < -0.3 is 10.5 Å². The van der Waals surface area contributed by atoms with Crippen LogP contribution in [0.1, 0.15) is 37.7 Å². The van der Waals surface area contributed by atoms with Gasteiger partial charge in [0.25, 0.3) is 0 Å². The highest BCUT2D eigenvalue weighted by molar-refractivity contribution is 8.00. The van der Waals surface area contributed by atoms with Crippen LogP contribution in [0, 0.1) is 6.92 Å². The molecule has 1 aromatic rings. The summed E-state index contributed by atoms with van der Waals surface area (Å²) in [4.78, 5) is 1.34. The van der Waals surface area contributed by atoms with Crippen molar-refractivity contribution in [1.29, 1.82) is 0 Å². The smallest absolute Gasteiger partial charge is 0.0693 e. The van der Waals surface area contributed by atoms with Crippen LogP contribution in [0.5, 0.6) is 0 Å². The molecule has 98 valence electrons. The number of hydrogen-bond acceptors (Lipinski definition) is 3. The van der Waals surface area contributed by atoms with Gasteiger partial charge in [-0.15, -0.1) is 11.8 Å². The monoisotopic (exact) mass is 263 g/mol. The number of rotatable bonds is 2. The molecule has 1 saturated heterocycles. The fourth-order valence-electron chi connectivity index (χ4n) is 2.93. The van der Waals surface area contributed by atoms with Gasteiger partial charge in [0.05, 0.1) is 5.60 Å². The third kappa shape index (κ3) is 2.39. The summed E-state index contributed by atoms with van der Waals surface area (Å²) in [5.74, 6) is 0. The first kappa shape index (κ1) is 12.4. The number of nitrogen functional groups attached to an aromatic ring is 1. The van der Waals surface area contributed by atoms with Gasteiger partial charge in [-0.05, 0) is 56.7 Å². The van der Waals surface area contributed by atoms with Crippen LogP contribution in [-0.4, -0.2) is 17.5 Å². The van der Waals surface area contributed by atoms with Gasteiger partial charge >= 0.3 is 0 Å². The van der Waals surface area contributed by atoms with Crippen molar-refractivity contribution in [2.45, 2.75) is 54.8 Å². The van der Waals surface area contributed by atoms with Crippen molar-refractivity contribution in [3.63, 3.8) is 0 Å². The summed E-state index contributed by atoms with van der Waals surface area (Å²) in [6, 6.07) is 6.22. The first-order chi connectivity index (χ1) is 8.67. The van der Waals surface area contributed by atoms with E-state index < -0.39 is 0 Å². The Balaban J connectivity index is 1.70. The van der Waals surface area contributed by atoms with Crippen LogP contribution >= 0.6 is 11.8 Å². The van der Waals surface area contributed by atoms with Gasteiger partial charge in [0.15, 0.2) is 0 Å². The zero-order chi connectivity index (χ0) is 12.6. The van der Waals surface area contributed by atoms with Crippen molar-refractivity contribution in [2.75, 3.05) is 12.3 Å². The molecule has 0 radical (unpaired) electrons. The number of nitrogens with two attached hydrogens (primary N) is 1. The predicted molar refractivity (Wildman–Crippen MR) is 77.0 cm³/mol. The van der Waals surface area contributed by atoms with Gasteiger partial charge in [-0.2, -0.15) is 0 Å². The molecule has 3 heteroatoms. The lowest BCUT2D eigenvalue weighted by atomic mass is 9.75. The van der Waals surface area contributed by atoms with Crippen LogP contribution in [0.4, 0.5) is 5.69 Å². The molecule has 1 spiro atoms. The van der Waals surface area contributed by atoms with Gasteiger partial charge in [0, 0.05) is 22.4 Å². The summed E-state index contributed by atoms with van der Waals surface area (Å²) < 4.78 is 5.99. The summed E-state index contributed by atoms with van der Waals surface area (Å²) in [6.45, 7) is 3.10. The van der Waals surface area contributed by atoms with Crippen molar-refractivity contribution in [3.8, 4) is 0 Å². The zero-order valence-corrected chi connectivity index (χ0v) is 11.8. The average molecular weight is 263 g/mol. The zero-order valence-electron chi connectivity index (χ0n) is 10.9. The van der Waals surface area contributed by atoms with Crippen molar-refractivity contribution in [3.05, 3.63) is 23.8 Å². The Morgan fingerprint density at radius 2 is 2.22 bits per heavy atom. The first-order valence-corrected chi connectivity index (χ1v) is 7.72. The summed E-state index contributed by atoms with van der Waals surface area (Å²) >= 11 is 2.00. The summed E-state index contributed by atoms with van der Waals surface area (Å²) in [7, 11) is 0. The van der Waals surface area contributed by atoms with E-state index >= 15 is 0 Å². The van der Waals surface area contributed by atoms with Crippen molar-refractivity contribution >= 4 is 17.4 Å². The normalized spacial score (nSPS) is 25.9. The summed E-state index contributed by atoms with van der Waals surface area (Å²) in [5, 5.41) is 0.694. The van der Waals surface area contributed by atoms with Crippen LogP contribution in [0.15, 0.2) is 23.1 Å². The molecule has 0 bridgehead atoms. The van der Waals surface area contributed by atoms with Crippen molar-refractivity contribution in [1.82, 2.24) is 0 Å². The summed E-state index contributed by atoms with van der Waals surface area (Å²) in [5.41, 5.74) is 8.33. The Kier molecular flexibility index (Phi) is 3.29. The molecule has 1 saturated carbocycles. The third-order valence-electron chi connectivity index (χ3n) is 4.22. The Morgan fingerprint density at radius 1 is 1.39 bits per heavy atom. The molecule has 0 aromatic heterocycles. The van der Waals surface area contributed by atoms with Crippen LogP contribution in [0.3, 0.4) is 0 Å². The fourth-order valence-corrected chi connectivity index (χ4v) is 4.34. The average Bonchev–Trinajstić information content (AvgIpc) is 2.32. The number of anilines is 1. The Hall–Kier alpha value is -0.670. The maximum atomic E-state index is 5.99. The summed E-state index contributed by atoms with van der Waals surface area (Å²) in [6.07, 6.45) is 6.25. The number of benzene rings is 1. The second-order valence-corrected chi connectivity index (χ2v) is 6.98. The standard InChI is InChI=1S/C15H21NOS/c1-11-3-4-12(16)9-14(11)18-13-5-8-17-15(10-13)6-2-7-15/h3-4,9,13H,2,5-8,10,16H2,1H3. The van der Waals surface area contributed by atoms with E-state index in [9.17, 15) is 0 Å². The minimum atomic E-state index is 0.240. The SMILES string of the molecule is Cc1ccc(N)cc1SC1CCOC2(CCC2)C1. The molecule has 1 aromatic carbocycles. The molecular weight excluding hydrogens is 242 g/mol. The van der Waals surface area contributed by atoms with E-state index in [1.54, 1.807) is 0 Å². The van der Waals surface area contributed by atoms with E-state index in [0.717, 1.165) is 12.3 Å². The minimum Gasteiger partial charge on any atom is -0.399 e. The molecule has 2 N–H and O–H groups in total. The quantitative estimate of drug-likeness (QED) is 0.825. The second kappa shape index (κ2) is 4.78. The molecule has 2 nitrogen and oxygen atoms in total. The lowest BCUT2D eigenvalue weighted by Gasteiger charge is -2.47. The van der Waals surface area contributed by atoms with E-state index in [0.29, 0.717) is 5.25 Å². The number of aryl methyl sites for hydroxylation is 1. The largest absolute Gasteiger partial charge is 0.399 e. The Labute approximate surface area is 113 Å². The van der Waals surface area contributed by atoms with Crippen LogP contribution in [0.25, 0.3) is 0 Å². The van der Waals surface area contributed by atoms with Crippen molar-refractivity contribution < 1.29 is 4.74 Å². The number of thioether (sulfide) groups is 1. The van der Waals surface area contributed by atoms with E-state index in [-0.39, 0.29) is 5.60 Å². The van der Waals surface area contributed by atoms with Gasteiger partial charge in [-0.1, -0.05) is 6.07 Å². The lowest BCUT2D eigenvalue weighted by Crippen LogP contribution is -2.46. The molecule has 0 amide bonds. The topological polar surface area (TPSA) is 35.2 Å². The highest BCUT2D eigenvalue weighted by atomic mass is 32.2. The Morgan fingerprint density at radius 3 is 2.94 bits per heavy atom.